The first-order valence-electron chi connectivity index (χ1n) is 11.1. The molecule has 1 aromatic heterocycles. The summed E-state index contributed by atoms with van der Waals surface area (Å²) in [6, 6.07) is 20.9. The van der Waals surface area contributed by atoms with Gasteiger partial charge in [0.15, 0.2) is 11.0 Å². The summed E-state index contributed by atoms with van der Waals surface area (Å²) in [5.41, 5.74) is 3.69. The van der Waals surface area contributed by atoms with Gasteiger partial charge in [0.25, 0.3) is 0 Å². The molecular weight excluding hydrogens is 562 g/mol. The van der Waals surface area contributed by atoms with E-state index in [1.165, 1.54) is 5.56 Å². The first kappa shape index (κ1) is 26.0. The molecule has 0 saturated heterocycles. The molecule has 0 fully saturated rings. The van der Waals surface area contributed by atoms with Crippen LogP contribution in [-0.2, 0) is 17.9 Å². The van der Waals surface area contributed by atoms with Crippen LogP contribution in [0.3, 0.4) is 0 Å². The molecule has 0 saturated carbocycles. The normalized spacial score (nSPS) is 11.5. The minimum atomic E-state index is -1.07. The zero-order valence-corrected chi connectivity index (χ0v) is 22.8. The van der Waals surface area contributed by atoms with Crippen LogP contribution < -0.4 is 4.74 Å². The van der Waals surface area contributed by atoms with Gasteiger partial charge in [-0.2, -0.15) is 0 Å². The quantitative estimate of drug-likeness (QED) is 0.162. The summed E-state index contributed by atoms with van der Waals surface area (Å²) in [5.74, 6) is 0.158. The Hall–Kier alpha value is -3.07. The van der Waals surface area contributed by atoms with Crippen LogP contribution in [0.4, 0.5) is 0 Å². The number of aryl methyl sites for hydroxylation is 1. The second-order valence-corrected chi connectivity index (χ2v) is 10.3. The fourth-order valence-corrected chi connectivity index (χ4v) is 4.83. The molecule has 0 spiro atoms. The summed E-state index contributed by atoms with van der Waals surface area (Å²) >= 11 is 10.5. The first-order chi connectivity index (χ1) is 17.3. The first-order valence-corrected chi connectivity index (χ1v) is 13.1. The van der Waals surface area contributed by atoms with Crippen molar-refractivity contribution in [1.29, 1.82) is 0 Å². The molecular formula is C27H23BrClN3O3S. The molecule has 0 radical (unpaired) electrons. The zero-order chi connectivity index (χ0) is 25.7. The molecule has 0 atom stereocenters. The van der Waals surface area contributed by atoms with E-state index in [-0.39, 0.29) is 4.91 Å². The van der Waals surface area contributed by atoms with Gasteiger partial charge in [-0.15, -0.1) is 10.2 Å². The Balaban J connectivity index is 1.63. The van der Waals surface area contributed by atoms with Gasteiger partial charge in [0, 0.05) is 27.2 Å². The lowest BCUT2D eigenvalue weighted by Gasteiger charge is -2.12. The summed E-state index contributed by atoms with van der Waals surface area (Å²) in [4.78, 5) is 12.3. The van der Waals surface area contributed by atoms with Gasteiger partial charge < -0.3 is 14.4 Å². The molecule has 0 amide bonds. The van der Waals surface area contributed by atoms with E-state index in [0.717, 1.165) is 27.4 Å². The van der Waals surface area contributed by atoms with Gasteiger partial charge in [-0.25, -0.2) is 4.79 Å². The highest BCUT2D eigenvalue weighted by Gasteiger charge is 2.19. The molecule has 0 unspecified atom stereocenters. The van der Waals surface area contributed by atoms with Crippen molar-refractivity contribution in [2.45, 2.75) is 32.2 Å². The number of carboxylic acid groups (broad SMARTS) is 1. The maximum absolute atomic E-state index is 12.2. The number of hydrogen-bond acceptors (Lipinski definition) is 5. The number of ether oxygens (including phenoxy) is 1. The van der Waals surface area contributed by atoms with Crippen molar-refractivity contribution in [3.63, 3.8) is 0 Å². The number of hydrogen-bond donors (Lipinski definition) is 1. The molecule has 0 aliphatic heterocycles. The van der Waals surface area contributed by atoms with E-state index in [0.29, 0.717) is 40.5 Å². The Kier molecular flexibility index (Phi) is 8.51. The summed E-state index contributed by atoms with van der Waals surface area (Å²) in [6.07, 6.45) is 1.60. The van der Waals surface area contributed by atoms with Crippen LogP contribution in [0.1, 0.15) is 23.6 Å². The summed E-state index contributed by atoms with van der Waals surface area (Å²) in [7, 11) is 0. The monoisotopic (exact) mass is 583 g/mol. The number of benzene rings is 3. The van der Waals surface area contributed by atoms with Crippen LogP contribution in [-0.4, -0.2) is 25.8 Å². The molecule has 9 heteroatoms. The maximum Gasteiger partial charge on any atom is 0.342 e. The maximum atomic E-state index is 12.2. The predicted octanol–water partition coefficient (Wildman–Crippen LogP) is 7.49. The number of aliphatic carboxylic acids is 1. The van der Waals surface area contributed by atoms with Crippen LogP contribution in [0.5, 0.6) is 5.75 Å². The van der Waals surface area contributed by atoms with Crippen LogP contribution >= 0.6 is 39.3 Å². The summed E-state index contributed by atoms with van der Waals surface area (Å²) in [6.45, 7) is 4.93. The lowest BCUT2D eigenvalue weighted by atomic mass is 10.1. The van der Waals surface area contributed by atoms with Crippen LogP contribution in [0.2, 0.25) is 5.02 Å². The Labute approximate surface area is 227 Å². The van der Waals surface area contributed by atoms with Crippen molar-refractivity contribution in [3.8, 4) is 17.1 Å². The highest BCUT2D eigenvalue weighted by Crippen LogP contribution is 2.33. The smallest absolute Gasteiger partial charge is 0.342 e. The highest BCUT2D eigenvalue weighted by atomic mass is 79.9. The van der Waals surface area contributed by atoms with Gasteiger partial charge in [-0.3, -0.25) is 0 Å². The molecule has 1 heterocycles. The van der Waals surface area contributed by atoms with Gasteiger partial charge in [0.05, 0.1) is 0 Å². The fraction of sp³-hybridized carbons (Fsp3) is 0.148. The Bertz CT molecular complexity index is 1400. The lowest BCUT2D eigenvalue weighted by molar-refractivity contribution is -0.131. The number of rotatable bonds is 9. The molecule has 184 valence electrons. The van der Waals surface area contributed by atoms with Gasteiger partial charge in [-0.1, -0.05) is 57.4 Å². The van der Waals surface area contributed by atoms with Crippen LogP contribution in [0.25, 0.3) is 17.5 Å². The molecule has 36 heavy (non-hydrogen) atoms. The second-order valence-electron chi connectivity index (χ2n) is 7.93. The van der Waals surface area contributed by atoms with Crippen molar-refractivity contribution in [3.05, 3.63) is 97.8 Å². The minimum Gasteiger partial charge on any atom is -0.488 e. The third kappa shape index (κ3) is 6.37. The van der Waals surface area contributed by atoms with E-state index in [1.54, 1.807) is 18.2 Å². The van der Waals surface area contributed by atoms with Gasteiger partial charge in [0.1, 0.15) is 17.3 Å². The Morgan fingerprint density at radius 3 is 2.50 bits per heavy atom. The highest BCUT2D eigenvalue weighted by molar-refractivity contribution is 9.10. The van der Waals surface area contributed by atoms with Crippen molar-refractivity contribution in [1.82, 2.24) is 14.8 Å². The van der Waals surface area contributed by atoms with E-state index in [2.05, 4.69) is 26.1 Å². The van der Waals surface area contributed by atoms with Crippen molar-refractivity contribution in [2.24, 2.45) is 0 Å². The molecule has 0 bridgehead atoms. The second kappa shape index (κ2) is 11.8. The zero-order valence-electron chi connectivity index (χ0n) is 19.6. The van der Waals surface area contributed by atoms with E-state index < -0.39 is 5.97 Å². The number of nitrogens with zero attached hydrogens (tertiary/aromatic N) is 3. The Morgan fingerprint density at radius 2 is 1.83 bits per heavy atom. The molecule has 1 N–H and O–H groups in total. The summed E-state index contributed by atoms with van der Waals surface area (Å²) < 4.78 is 8.74. The number of carbonyl (C=O) groups is 1. The largest absolute Gasteiger partial charge is 0.488 e. The van der Waals surface area contributed by atoms with Gasteiger partial charge in [-0.05, 0) is 79.7 Å². The molecule has 0 aliphatic carbocycles. The van der Waals surface area contributed by atoms with E-state index in [4.69, 9.17) is 16.3 Å². The molecule has 4 aromatic rings. The lowest BCUT2D eigenvalue weighted by Crippen LogP contribution is -2.03. The topological polar surface area (TPSA) is 77.2 Å². The number of carboxylic acids is 1. The van der Waals surface area contributed by atoms with Crippen molar-refractivity contribution in [2.75, 3.05) is 0 Å². The third-order valence-corrected chi connectivity index (χ3v) is 7.06. The number of halogens is 2. The number of thioether (sulfide) groups is 1. The van der Waals surface area contributed by atoms with Crippen molar-refractivity contribution < 1.29 is 14.6 Å². The van der Waals surface area contributed by atoms with E-state index >= 15 is 0 Å². The SMILES string of the molecule is CCn1c(S/C(=C\c2cc(Br)ccc2OCc2ccc(C)cc2)C(=O)O)nnc1-c1ccc(Cl)cc1. The third-order valence-electron chi connectivity index (χ3n) is 5.32. The average Bonchev–Trinajstić information content (AvgIpc) is 3.27. The molecule has 6 nitrogen and oxygen atoms in total. The molecule has 3 aromatic carbocycles. The van der Waals surface area contributed by atoms with E-state index in [1.807, 2.05) is 73.0 Å². The van der Waals surface area contributed by atoms with Gasteiger partial charge >= 0.3 is 5.97 Å². The van der Waals surface area contributed by atoms with E-state index in [9.17, 15) is 9.90 Å². The van der Waals surface area contributed by atoms with Gasteiger partial charge in [0.2, 0.25) is 0 Å². The van der Waals surface area contributed by atoms with Crippen molar-refractivity contribution >= 4 is 51.3 Å². The van der Waals surface area contributed by atoms with Crippen LogP contribution in [0.15, 0.2) is 81.3 Å². The number of aromatic nitrogens is 3. The standard InChI is InChI=1S/C27H23BrClN3O3S/c1-3-32-25(19-8-11-22(29)12-9-19)30-31-27(32)36-24(26(33)34)15-20-14-21(28)10-13-23(20)35-16-18-6-4-17(2)5-7-18/h4-15H,3,16H2,1-2H3,(H,33,34)/b24-15-. The molecule has 0 aliphatic rings. The minimum absolute atomic E-state index is 0.0954. The predicted molar refractivity (Wildman–Crippen MR) is 147 cm³/mol. The summed E-state index contributed by atoms with van der Waals surface area (Å²) in [5, 5.41) is 19.7. The molecule has 4 rings (SSSR count). The average molecular weight is 585 g/mol. The van der Waals surface area contributed by atoms with Crippen LogP contribution in [0, 0.1) is 6.92 Å². The fourth-order valence-electron chi connectivity index (χ4n) is 3.45. The Morgan fingerprint density at radius 1 is 1.11 bits per heavy atom.